The fourth-order valence-electron chi connectivity index (χ4n) is 2.36. The van der Waals surface area contributed by atoms with E-state index >= 15 is 0 Å². The first kappa shape index (κ1) is 15.2. The second-order valence-electron chi connectivity index (χ2n) is 5.14. The molecular formula is C14H19N3O4. The molecule has 1 aliphatic heterocycles. The quantitative estimate of drug-likeness (QED) is 0.777. The molecule has 2 unspecified atom stereocenters. The molecule has 0 aliphatic carbocycles. The van der Waals surface area contributed by atoms with Gasteiger partial charge in [-0.3, -0.25) is 14.3 Å². The summed E-state index contributed by atoms with van der Waals surface area (Å²) in [6, 6.07) is -0.490. The van der Waals surface area contributed by atoms with Crippen molar-refractivity contribution in [2.75, 3.05) is 13.2 Å². The summed E-state index contributed by atoms with van der Waals surface area (Å²) in [5, 5.41) is 16.0. The van der Waals surface area contributed by atoms with Crippen LogP contribution in [0.15, 0.2) is 6.08 Å². The van der Waals surface area contributed by atoms with Crippen LogP contribution in [-0.4, -0.2) is 46.0 Å². The molecule has 7 nitrogen and oxygen atoms in total. The number of hydrogen-bond acceptors (Lipinski definition) is 4. The average Bonchev–Trinajstić information content (AvgIpc) is 2.94. The molecule has 1 amide bonds. The van der Waals surface area contributed by atoms with Crippen LogP contribution in [0.3, 0.4) is 0 Å². The zero-order valence-corrected chi connectivity index (χ0v) is 12.3. The summed E-state index contributed by atoms with van der Waals surface area (Å²) in [6.07, 6.45) is 3.09. The van der Waals surface area contributed by atoms with Crippen molar-refractivity contribution in [3.05, 3.63) is 23.0 Å². The summed E-state index contributed by atoms with van der Waals surface area (Å²) < 4.78 is 6.85. The minimum Gasteiger partial charge on any atom is -0.481 e. The molecule has 2 N–H and O–H groups in total. The molecular weight excluding hydrogens is 274 g/mol. The van der Waals surface area contributed by atoms with Crippen LogP contribution in [0.4, 0.5) is 0 Å². The Morgan fingerprint density at radius 2 is 2.14 bits per heavy atom. The summed E-state index contributed by atoms with van der Waals surface area (Å²) in [5.74, 6) is -1.98. The zero-order valence-electron chi connectivity index (χ0n) is 12.3. The Kier molecular flexibility index (Phi) is 4.42. The Bertz CT molecular complexity index is 591. The number of nitrogens with one attached hydrogen (secondary N) is 1. The number of carbonyl (C=O) groups is 2. The van der Waals surface area contributed by atoms with E-state index < -0.39 is 17.9 Å². The molecule has 0 bridgehead atoms. The third kappa shape index (κ3) is 3.30. The lowest BCUT2D eigenvalue weighted by Crippen LogP contribution is -2.41. The van der Waals surface area contributed by atoms with Crippen molar-refractivity contribution in [3.63, 3.8) is 0 Å². The van der Waals surface area contributed by atoms with Gasteiger partial charge in [0, 0.05) is 24.4 Å². The molecule has 0 spiro atoms. The maximum absolute atomic E-state index is 11.9. The van der Waals surface area contributed by atoms with Crippen molar-refractivity contribution < 1.29 is 19.4 Å². The SMILES string of the molecule is Cc1nn(C)c(C)c1C=CC(=O)NC1COCC1C(=O)O. The van der Waals surface area contributed by atoms with Crippen molar-refractivity contribution in [2.24, 2.45) is 13.0 Å². The monoisotopic (exact) mass is 293 g/mol. The fraction of sp³-hybridized carbons (Fsp3) is 0.500. The van der Waals surface area contributed by atoms with Crippen molar-refractivity contribution in [1.82, 2.24) is 15.1 Å². The highest BCUT2D eigenvalue weighted by molar-refractivity contribution is 5.92. The number of carbonyl (C=O) groups excluding carboxylic acids is 1. The van der Waals surface area contributed by atoms with E-state index in [9.17, 15) is 9.59 Å². The first-order valence-corrected chi connectivity index (χ1v) is 6.69. The lowest BCUT2D eigenvalue weighted by molar-refractivity contribution is -0.142. The molecule has 7 heteroatoms. The molecule has 114 valence electrons. The van der Waals surface area contributed by atoms with Crippen LogP contribution in [-0.2, 0) is 21.4 Å². The van der Waals surface area contributed by atoms with Crippen LogP contribution in [0.2, 0.25) is 0 Å². The van der Waals surface area contributed by atoms with Crippen LogP contribution in [0.5, 0.6) is 0 Å². The van der Waals surface area contributed by atoms with E-state index in [0.717, 1.165) is 17.0 Å². The number of carboxylic acids is 1. The summed E-state index contributed by atoms with van der Waals surface area (Å²) in [4.78, 5) is 22.9. The smallest absolute Gasteiger partial charge is 0.311 e. The van der Waals surface area contributed by atoms with Gasteiger partial charge in [-0.25, -0.2) is 0 Å². The molecule has 0 saturated carbocycles. The van der Waals surface area contributed by atoms with Gasteiger partial charge in [-0.1, -0.05) is 0 Å². The van der Waals surface area contributed by atoms with Crippen LogP contribution in [0.1, 0.15) is 17.0 Å². The molecule has 1 aromatic heterocycles. The van der Waals surface area contributed by atoms with Gasteiger partial charge in [0.25, 0.3) is 0 Å². The van der Waals surface area contributed by atoms with Crippen LogP contribution < -0.4 is 5.32 Å². The number of amides is 1. The number of hydrogen-bond donors (Lipinski definition) is 2. The van der Waals surface area contributed by atoms with Gasteiger partial charge >= 0.3 is 5.97 Å². The van der Waals surface area contributed by atoms with Gasteiger partial charge in [-0.15, -0.1) is 0 Å². The van der Waals surface area contributed by atoms with Gasteiger partial charge in [-0.2, -0.15) is 5.10 Å². The topological polar surface area (TPSA) is 93.5 Å². The number of rotatable bonds is 4. The third-order valence-electron chi connectivity index (χ3n) is 3.69. The molecule has 0 aromatic carbocycles. The number of aromatic nitrogens is 2. The van der Waals surface area contributed by atoms with E-state index in [1.807, 2.05) is 20.9 Å². The first-order chi connectivity index (χ1) is 9.90. The van der Waals surface area contributed by atoms with Crippen molar-refractivity contribution >= 4 is 18.0 Å². The molecule has 1 saturated heterocycles. The van der Waals surface area contributed by atoms with Gasteiger partial charge < -0.3 is 15.2 Å². The highest BCUT2D eigenvalue weighted by Gasteiger charge is 2.34. The molecule has 1 aromatic rings. The van der Waals surface area contributed by atoms with Crippen molar-refractivity contribution in [3.8, 4) is 0 Å². The fourth-order valence-corrected chi connectivity index (χ4v) is 2.36. The van der Waals surface area contributed by atoms with Gasteiger partial charge in [0.05, 0.1) is 24.9 Å². The lowest BCUT2D eigenvalue weighted by atomic mass is 10.0. The predicted molar refractivity (Wildman–Crippen MR) is 75.6 cm³/mol. The maximum Gasteiger partial charge on any atom is 0.311 e. The van der Waals surface area contributed by atoms with Gasteiger partial charge in [0.2, 0.25) is 5.91 Å². The Balaban J connectivity index is 2.01. The number of ether oxygens (including phenoxy) is 1. The number of aryl methyl sites for hydroxylation is 2. The molecule has 0 radical (unpaired) electrons. The summed E-state index contributed by atoms with van der Waals surface area (Å²) in [6.45, 7) is 4.14. The number of carboxylic acid groups (broad SMARTS) is 1. The molecule has 2 heterocycles. The average molecular weight is 293 g/mol. The van der Waals surface area contributed by atoms with E-state index in [4.69, 9.17) is 9.84 Å². The maximum atomic E-state index is 11.9. The molecule has 1 aliphatic rings. The summed E-state index contributed by atoms with van der Waals surface area (Å²) in [5.41, 5.74) is 2.70. The third-order valence-corrected chi connectivity index (χ3v) is 3.69. The van der Waals surface area contributed by atoms with Crippen LogP contribution in [0, 0.1) is 19.8 Å². The lowest BCUT2D eigenvalue weighted by Gasteiger charge is -2.14. The molecule has 21 heavy (non-hydrogen) atoms. The largest absolute Gasteiger partial charge is 0.481 e. The van der Waals surface area contributed by atoms with Gasteiger partial charge in [-0.05, 0) is 19.9 Å². The van der Waals surface area contributed by atoms with Gasteiger partial charge in [0.15, 0.2) is 0 Å². The Hall–Kier alpha value is -2.15. The van der Waals surface area contributed by atoms with E-state index in [2.05, 4.69) is 10.4 Å². The van der Waals surface area contributed by atoms with E-state index in [-0.39, 0.29) is 19.1 Å². The Morgan fingerprint density at radius 1 is 1.43 bits per heavy atom. The predicted octanol–water partition coefficient (Wildman–Crippen LogP) is 0.266. The standard InChI is InChI=1S/C14H19N3O4/c1-8-10(9(2)17(3)16-8)4-5-13(18)15-12-7-21-6-11(12)14(19)20/h4-5,11-12H,6-7H2,1-3H3,(H,15,18)(H,19,20). The second kappa shape index (κ2) is 6.09. The highest BCUT2D eigenvalue weighted by atomic mass is 16.5. The van der Waals surface area contributed by atoms with E-state index in [0.29, 0.717) is 0 Å². The molecule has 2 rings (SSSR count). The first-order valence-electron chi connectivity index (χ1n) is 6.69. The van der Waals surface area contributed by atoms with Crippen molar-refractivity contribution in [2.45, 2.75) is 19.9 Å². The second-order valence-corrected chi connectivity index (χ2v) is 5.14. The van der Waals surface area contributed by atoms with Crippen LogP contribution >= 0.6 is 0 Å². The number of aliphatic carboxylic acids is 1. The van der Waals surface area contributed by atoms with E-state index in [1.54, 1.807) is 10.8 Å². The van der Waals surface area contributed by atoms with Gasteiger partial charge in [0.1, 0.15) is 5.92 Å². The Labute approximate surface area is 122 Å². The molecule has 2 atom stereocenters. The van der Waals surface area contributed by atoms with Crippen LogP contribution in [0.25, 0.3) is 6.08 Å². The minimum absolute atomic E-state index is 0.130. The van der Waals surface area contributed by atoms with E-state index in [1.165, 1.54) is 6.08 Å². The minimum atomic E-state index is -0.958. The Morgan fingerprint density at radius 3 is 2.71 bits per heavy atom. The summed E-state index contributed by atoms with van der Waals surface area (Å²) in [7, 11) is 1.84. The summed E-state index contributed by atoms with van der Waals surface area (Å²) >= 11 is 0. The number of nitrogens with zero attached hydrogens (tertiary/aromatic N) is 2. The molecule has 1 fully saturated rings. The zero-order chi connectivity index (χ0) is 15.6. The normalized spacial score (nSPS) is 21.9. The van der Waals surface area contributed by atoms with Crippen molar-refractivity contribution in [1.29, 1.82) is 0 Å². The highest BCUT2D eigenvalue weighted by Crippen LogP contribution is 2.15.